The highest BCUT2D eigenvalue weighted by atomic mass is 16.6. The van der Waals surface area contributed by atoms with Crippen molar-refractivity contribution in [1.82, 2.24) is 10.4 Å². The van der Waals surface area contributed by atoms with E-state index in [1.807, 2.05) is 20.8 Å². The molecule has 1 aliphatic rings. The molecular weight excluding hydrogens is 194 g/mol. The molecule has 0 aliphatic carbocycles. The van der Waals surface area contributed by atoms with Crippen LogP contribution in [0.4, 0.5) is 4.79 Å². The number of carbonyl (C=O) groups excluding carboxylic acids is 1. The number of amides is 1. The molecule has 5 heteroatoms. The van der Waals surface area contributed by atoms with Gasteiger partial charge in [-0.05, 0) is 27.2 Å². The number of nitriles is 1. The van der Waals surface area contributed by atoms with Crippen LogP contribution in [0, 0.1) is 17.2 Å². The molecule has 0 aromatic rings. The first-order valence-electron chi connectivity index (χ1n) is 5.05. The van der Waals surface area contributed by atoms with Crippen LogP contribution >= 0.6 is 0 Å². The highest BCUT2D eigenvalue weighted by Gasteiger charge is 2.25. The summed E-state index contributed by atoms with van der Waals surface area (Å²) in [5, 5.41) is 10.4. The van der Waals surface area contributed by atoms with Gasteiger partial charge in [0.1, 0.15) is 5.60 Å². The van der Waals surface area contributed by atoms with Crippen LogP contribution in [0.3, 0.4) is 0 Å². The Morgan fingerprint density at radius 3 is 2.73 bits per heavy atom. The zero-order valence-corrected chi connectivity index (χ0v) is 9.41. The first-order valence-corrected chi connectivity index (χ1v) is 5.05. The van der Waals surface area contributed by atoms with Crippen LogP contribution in [-0.4, -0.2) is 29.8 Å². The third-order valence-electron chi connectivity index (χ3n) is 2.02. The molecule has 1 rings (SSSR count). The summed E-state index contributed by atoms with van der Waals surface area (Å²) in [5.41, 5.74) is 2.13. The molecule has 1 saturated heterocycles. The lowest BCUT2D eigenvalue weighted by Gasteiger charge is -2.22. The summed E-state index contributed by atoms with van der Waals surface area (Å²) in [5.74, 6) is 0.0138. The van der Waals surface area contributed by atoms with E-state index < -0.39 is 11.7 Å². The fraction of sp³-hybridized carbons (Fsp3) is 0.800. The van der Waals surface area contributed by atoms with E-state index in [0.29, 0.717) is 13.1 Å². The number of ether oxygens (including phenoxy) is 1. The normalized spacial score (nSPS) is 22.1. The lowest BCUT2D eigenvalue weighted by atomic mass is 10.1. The van der Waals surface area contributed by atoms with Crippen molar-refractivity contribution in [3.63, 3.8) is 0 Å². The summed E-state index contributed by atoms with van der Waals surface area (Å²) in [6, 6.07) is 2.18. The molecule has 15 heavy (non-hydrogen) atoms. The average molecular weight is 211 g/mol. The number of hydrogen-bond acceptors (Lipinski definition) is 4. The summed E-state index contributed by atoms with van der Waals surface area (Å²) in [6.07, 6.45) is 0.341. The molecule has 0 aromatic heterocycles. The highest BCUT2D eigenvalue weighted by molar-refractivity contribution is 5.67. The van der Waals surface area contributed by atoms with Crippen molar-refractivity contribution in [1.29, 1.82) is 5.26 Å². The number of hydrazine groups is 1. The van der Waals surface area contributed by atoms with Crippen LogP contribution in [-0.2, 0) is 4.74 Å². The van der Waals surface area contributed by atoms with Crippen LogP contribution in [0.25, 0.3) is 0 Å². The Labute approximate surface area is 90.0 Å². The first kappa shape index (κ1) is 11.8. The SMILES string of the molecule is CC(C)(C)OC(=O)NN1CC[C@H](C#N)C1. The van der Waals surface area contributed by atoms with Gasteiger partial charge in [0, 0.05) is 13.1 Å². The maximum Gasteiger partial charge on any atom is 0.422 e. The van der Waals surface area contributed by atoms with Gasteiger partial charge in [0.25, 0.3) is 0 Å². The second-order valence-corrected chi connectivity index (χ2v) is 4.67. The van der Waals surface area contributed by atoms with Crippen LogP contribution in [0.2, 0.25) is 0 Å². The number of nitrogens with zero attached hydrogens (tertiary/aromatic N) is 2. The molecule has 1 heterocycles. The minimum atomic E-state index is -0.488. The molecule has 84 valence electrons. The van der Waals surface area contributed by atoms with Gasteiger partial charge in [-0.1, -0.05) is 0 Å². The maximum atomic E-state index is 11.4. The smallest absolute Gasteiger partial charge is 0.422 e. The lowest BCUT2D eigenvalue weighted by Crippen LogP contribution is -2.43. The van der Waals surface area contributed by atoms with Crippen LogP contribution in [0.15, 0.2) is 0 Å². The fourth-order valence-corrected chi connectivity index (χ4v) is 1.40. The van der Waals surface area contributed by atoms with Crippen LogP contribution < -0.4 is 5.43 Å². The van der Waals surface area contributed by atoms with E-state index in [9.17, 15) is 4.79 Å². The van der Waals surface area contributed by atoms with E-state index in [2.05, 4.69) is 11.5 Å². The molecule has 0 radical (unpaired) electrons. The molecule has 1 atom stereocenters. The lowest BCUT2D eigenvalue weighted by molar-refractivity contribution is 0.0363. The molecule has 0 saturated carbocycles. The Hall–Kier alpha value is -1.28. The molecule has 1 amide bonds. The second kappa shape index (κ2) is 4.49. The zero-order valence-electron chi connectivity index (χ0n) is 9.41. The van der Waals surface area contributed by atoms with Gasteiger partial charge in [0.2, 0.25) is 0 Å². The largest absolute Gasteiger partial charge is 0.443 e. The summed E-state index contributed by atoms with van der Waals surface area (Å²) < 4.78 is 5.09. The van der Waals surface area contributed by atoms with E-state index >= 15 is 0 Å². The van der Waals surface area contributed by atoms with Gasteiger partial charge in [-0.25, -0.2) is 9.80 Å². The van der Waals surface area contributed by atoms with E-state index in [0.717, 1.165) is 6.42 Å². The van der Waals surface area contributed by atoms with Crippen molar-refractivity contribution in [2.75, 3.05) is 13.1 Å². The summed E-state index contributed by atoms with van der Waals surface area (Å²) in [6.45, 7) is 6.73. The van der Waals surface area contributed by atoms with Gasteiger partial charge < -0.3 is 4.74 Å². The molecule has 0 bridgehead atoms. The number of nitrogens with one attached hydrogen (secondary N) is 1. The van der Waals surface area contributed by atoms with E-state index in [4.69, 9.17) is 10.00 Å². The van der Waals surface area contributed by atoms with E-state index in [1.54, 1.807) is 5.01 Å². The minimum absolute atomic E-state index is 0.0138. The van der Waals surface area contributed by atoms with Gasteiger partial charge in [-0.15, -0.1) is 0 Å². The van der Waals surface area contributed by atoms with Crippen molar-refractivity contribution in [2.24, 2.45) is 5.92 Å². The molecule has 0 aromatic carbocycles. The van der Waals surface area contributed by atoms with Gasteiger partial charge in [0.15, 0.2) is 0 Å². The zero-order chi connectivity index (χ0) is 11.5. The van der Waals surface area contributed by atoms with E-state index in [1.165, 1.54) is 0 Å². The standard InChI is InChI=1S/C10H17N3O2/c1-10(2,3)15-9(14)12-13-5-4-8(6-11)7-13/h8H,4-5,7H2,1-3H3,(H,12,14)/t8-/m1/s1. The quantitative estimate of drug-likeness (QED) is 0.709. The third-order valence-corrected chi connectivity index (χ3v) is 2.02. The van der Waals surface area contributed by atoms with Crippen molar-refractivity contribution in [3.8, 4) is 6.07 Å². The Morgan fingerprint density at radius 2 is 2.27 bits per heavy atom. The average Bonchev–Trinajstić information content (AvgIpc) is 2.48. The monoisotopic (exact) mass is 211 g/mol. The van der Waals surface area contributed by atoms with E-state index in [-0.39, 0.29) is 5.92 Å². The summed E-state index contributed by atoms with van der Waals surface area (Å²) in [4.78, 5) is 11.4. The fourth-order valence-electron chi connectivity index (χ4n) is 1.40. The van der Waals surface area contributed by atoms with Crippen molar-refractivity contribution >= 4 is 6.09 Å². The van der Waals surface area contributed by atoms with Crippen LogP contribution in [0.1, 0.15) is 27.2 Å². The predicted octanol–water partition coefficient (Wildman–Crippen LogP) is 1.27. The molecule has 5 nitrogen and oxygen atoms in total. The van der Waals surface area contributed by atoms with Crippen molar-refractivity contribution in [2.45, 2.75) is 32.8 Å². The highest BCUT2D eigenvalue weighted by Crippen LogP contribution is 2.13. The molecule has 1 aliphatic heterocycles. The molecule has 0 spiro atoms. The topological polar surface area (TPSA) is 65.4 Å². The predicted molar refractivity (Wildman–Crippen MR) is 54.7 cm³/mol. The van der Waals surface area contributed by atoms with Gasteiger partial charge in [-0.2, -0.15) is 5.26 Å². The Bertz CT molecular complexity index is 277. The Balaban J connectivity index is 2.32. The van der Waals surface area contributed by atoms with Gasteiger partial charge in [-0.3, -0.25) is 5.43 Å². The maximum absolute atomic E-state index is 11.4. The van der Waals surface area contributed by atoms with Crippen LogP contribution in [0.5, 0.6) is 0 Å². The minimum Gasteiger partial charge on any atom is -0.443 e. The first-order chi connectivity index (χ1) is 6.90. The molecular formula is C10H17N3O2. The Morgan fingerprint density at radius 1 is 1.60 bits per heavy atom. The summed E-state index contributed by atoms with van der Waals surface area (Å²) in [7, 11) is 0. The van der Waals surface area contributed by atoms with Crippen molar-refractivity contribution < 1.29 is 9.53 Å². The number of carbonyl (C=O) groups is 1. The third kappa shape index (κ3) is 4.17. The second-order valence-electron chi connectivity index (χ2n) is 4.67. The number of hydrogen-bond donors (Lipinski definition) is 1. The van der Waals surface area contributed by atoms with Gasteiger partial charge in [0.05, 0.1) is 12.0 Å². The van der Waals surface area contributed by atoms with Gasteiger partial charge >= 0.3 is 6.09 Å². The molecule has 0 unspecified atom stereocenters. The van der Waals surface area contributed by atoms with Crippen molar-refractivity contribution in [3.05, 3.63) is 0 Å². The summed E-state index contributed by atoms with van der Waals surface area (Å²) >= 11 is 0. The molecule has 1 N–H and O–H groups in total. The Kier molecular flexibility index (Phi) is 3.53. The number of rotatable bonds is 1. The molecule has 1 fully saturated rings.